The molecule has 1 aliphatic heterocycles. The highest BCUT2D eigenvalue weighted by atomic mass is 32.2. The van der Waals surface area contributed by atoms with Gasteiger partial charge in [-0.2, -0.15) is 0 Å². The van der Waals surface area contributed by atoms with E-state index in [0.717, 1.165) is 25.0 Å². The number of benzene rings is 1. The summed E-state index contributed by atoms with van der Waals surface area (Å²) in [6.45, 7) is 1.34. The molecule has 0 spiro atoms. The summed E-state index contributed by atoms with van der Waals surface area (Å²) >= 11 is 0. The maximum absolute atomic E-state index is 12.3. The molecule has 2 N–H and O–H groups in total. The van der Waals surface area contributed by atoms with Crippen LogP contribution in [-0.4, -0.2) is 33.6 Å². The van der Waals surface area contributed by atoms with Crippen molar-refractivity contribution in [3.63, 3.8) is 0 Å². The zero-order valence-electron chi connectivity index (χ0n) is 14.8. The van der Waals surface area contributed by atoms with Gasteiger partial charge in [-0.3, -0.25) is 4.79 Å². The predicted molar refractivity (Wildman–Crippen MR) is 100 cm³/mol. The van der Waals surface area contributed by atoms with Crippen molar-refractivity contribution < 1.29 is 22.4 Å². The molecule has 0 bridgehead atoms. The lowest BCUT2D eigenvalue weighted by atomic mass is 10.2. The molecule has 1 aromatic carbocycles. The summed E-state index contributed by atoms with van der Waals surface area (Å²) in [5, 5.41) is 2.80. The summed E-state index contributed by atoms with van der Waals surface area (Å²) in [5.74, 6) is 0.328. The minimum atomic E-state index is -3.63. The zero-order chi connectivity index (χ0) is 19.1. The number of ether oxygens (including phenoxy) is 1. The van der Waals surface area contributed by atoms with E-state index in [1.54, 1.807) is 30.3 Å². The van der Waals surface area contributed by atoms with E-state index in [1.807, 2.05) is 0 Å². The van der Waals surface area contributed by atoms with Crippen LogP contribution in [0.2, 0.25) is 0 Å². The van der Waals surface area contributed by atoms with Crippen molar-refractivity contribution in [2.75, 3.05) is 13.2 Å². The molecule has 1 amide bonds. The highest BCUT2D eigenvalue weighted by Crippen LogP contribution is 2.13. The van der Waals surface area contributed by atoms with Crippen LogP contribution in [0.3, 0.4) is 0 Å². The van der Waals surface area contributed by atoms with Gasteiger partial charge in [-0.15, -0.1) is 0 Å². The van der Waals surface area contributed by atoms with Crippen LogP contribution in [-0.2, 0) is 26.1 Å². The van der Waals surface area contributed by atoms with Crippen molar-refractivity contribution in [1.82, 2.24) is 10.0 Å². The fourth-order valence-electron chi connectivity index (χ4n) is 2.67. The van der Waals surface area contributed by atoms with E-state index in [1.165, 1.54) is 24.5 Å². The molecule has 3 rings (SSSR count). The van der Waals surface area contributed by atoms with Gasteiger partial charge in [0.2, 0.25) is 15.9 Å². The van der Waals surface area contributed by atoms with Crippen LogP contribution in [0, 0.1) is 0 Å². The second-order valence-corrected chi connectivity index (χ2v) is 7.95. The number of amides is 1. The highest BCUT2D eigenvalue weighted by Gasteiger charge is 2.16. The molecule has 7 nitrogen and oxygen atoms in total. The molecule has 2 aromatic rings. The molecule has 0 radical (unpaired) electrons. The first kappa shape index (κ1) is 19.3. The summed E-state index contributed by atoms with van der Waals surface area (Å²) < 4.78 is 37.6. The topological polar surface area (TPSA) is 97.6 Å². The molecule has 0 unspecified atom stereocenters. The van der Waals surface area contributed by atoms with Crippen molar-refractivity contribution in [2.45, 2.75) is 30.4 Å². The molecule has 144 valence electrons. The Bertz CT molecular complexity index is 867. The van der Waals surface area contributed by atoms with Crippen LogP contribution in [0.4, 0.5) is 0 Å². The van der Waals surface area contributed by atoms with Crippen molar-refractivity contribution in [3.8, 4) is 0 Å². The summed E-state index contributed by atoms with van der Waals surface area (Å²) in [6.07, 6.45) is 6.64. The Balaban J connectivity index is 1.52. The first-order valence-electron chi connectivity index (χ1n) is 8.72. The zero-order valence-corrected chi connectivity index (χ0v) is 15.6. The average molecular weight is 390 g/mol. The van der Waals surface area contributed by atoms with Crippen molar-refractivity contribution >= 4 is 22.0 Å². The van der Waals surface area contributed by atoms with Gasteiger partial charge in [-0.1, -0.05) is 12.1 Å². The van der Waals surface area contributed by atoms with Crippen LogP contribution >= 0.6 is 0 Å². The molecular formula is C19H22N2O5S. The maximum Gasteiger partial charge on any atom is 0.244 e. The molecule has 1 aliphatic rings. The van der Waals surface area contributed by atoms with Gasteiger partial charge in [0, 0.05) is 19.2 Å². The minimum Gasteiger partial charge on any atom is -0.468 e. The summed E-state index contributed by atoms with van der Waals surface area (Å²) in [5.41, 5.74) is 0.729. The Hall–Kier alpha value is -2.42. The number of hydrogen-bond donors (Lipinski definition) is 2. The Morgan fingerprint density at radius 2 is 2.04 bits per heavy atom. The first-order valence-corrected chi connectivity index (χ1v) is 10.2. The highest BCUT2D eigenvalue weighted by molar-refractivity contribution is 7.89. The van der Waals surface area contributed by atoms with Gasteiger partial charge in [0.25, 0.3) is 0 Å². The van der Waals surface area contributed by atoms with Crippen LogP contribution < -0.4 is 10.0 Å². The number of furan rings is 1. The van der Waals surface area contributed by atoms with E-state index in [0.29, 0.717) is 12.3 Å². The molecule has 1 fully saturated rings. The van der Waals surface area contributed by atoms with Crippen molar-refractivity contribution in [1.29, 1.82) is 0 Å². The van der Waals surface area contributed by atoms with Gasteiger partial charge < -0.3 is 14.5 Å². The monoisotopic (exact) mass is 390 g/mol. The molecule has 27 heavy (non-hydrogen) atoms. The third-order valence-electron chi connectivity index (χ3n) is 4.16. The van der Waals surface area contributed by atoms with Gasteiger partial charge in [-0.05, 0) is 48.7 Å². The third kappa shape index (κ3) is 5.78. The SMILES string of the molecule is O=C(/C=C/c1ccc(S(=O)(=O)NCc2ccco2)cc1)NC[C@@H]1CCCO1. The molecule has 1 saturated heterocycles. The van der Waals surface area contributed by atoms with Gasteiger partial charge in [0.05, 0.1) is 23.8 Å². The standard InChI is InChI=1S/C19H22N2O5S/c22-19(20-13-16-3-1-11-25-16)10-7-15-5-8-18(9-6-15)27(23,24)21-14-17-4-2-12-26-17/h2,4-10,12,16,21H,1,3,11,13-14H2,(H,20,22)/b10-7+/t16-/m0/s1. The molecule has 1 atom stereocenters. The van der Waals surface area contributed by atoms with E-state index in [9.17, 15) is 13.2 Å². The van der Waals surface area contributed by atoms with E-state index in [-0.39, 0.29) is 23.5 Å². The lowest BCUT2D eigenvalue weighted by molar-refractivity contribution is -0.116. The smallest absolute Gasteiger partial charge is 0.244 e. The molecule has 2 heterocycles. The average Bonchev–Trinajstić information content (AvgIpc) is 3.37. The summed E-state index contributed by atoms with van der Waals surface area (Å²) in [6, 6.07) is 9.67. The quantitative estimate of drug-likeness (QED) is 0.673. The van der Waals surface area contributed by atoms with E-state index in [4.69, 9.17) is 9.15 Å². The van der Waals surface area contributed by atoms with Gasteiger partial charge in [0.1, 0.15) is 5.76 Å². The number of nitrogens with one attached hydrogen (secondary N) is 2. The number of hydrogen-bond acceptors (Lipinski definition) is 5. The fourth-order valence-corrected chi connectivity index (χ4v) is 3.66. The fraction of sp³-hybridized carbons (Fsp3) is 0.316. The van der Waals surface area contributed by atoms with E-state index >= 15 is 0 Å². The molecule has 0 aliphatic carbocycles. The number of carbonyl (C=O) groups is 1. The van der Waals surface area contributed by atoms with Crippen LogP contribution in [0.15, 0.2) is 58.1 Å². The van der Waals surface area contributed by atoms with Crippen LogP contribution in [0.25, 0.3) is 6.08 Å². The second kappa shape index (κ2) is 8.98. The number of carbonyl (C=O) groups excluding carboxylic acids is 1. The number of sulfonamides is 1. The van der Waals surface area contributed by atoms with Gasteiger partial charge in [0.15, 0.2) is 0 Å². The number of rotatable bonds is 8. The minimum absolute atomic E-state index is 0.0852. The maximum atomic E-state index is 12.3. The molecular weight excluding hydrogens is 368 g/mol. The van der Waals surface area contributed by atoms with E-state index in [2.05, 4.69) is 10.0 Å². The Kier molecular flexibility index (Phi) is 6.44. The van der Waals surface area contributed by atoms with Crippen LogP contribution in [0.5, 0.6) is 0 Å². The van der Waals surface area contributed by atoms with Crippen LogP contribution in [0.1, 0.15) is 24.2 Å². The molecule has 8 heteroatoms. The molecule has 0 saturated carbocycles. The van der Waals surface area contributed by atoms with Crippen molar-refractivity contribution in [3.05, 3.63) is 60.1 Å². The predicted octanol–water partition coefficient (Wildman–Crippen LogP) is 2.07. The third-order valence-corrected chi connectivity index (χ3v) is 5.58. The Morgan fingerprint density at radius 1 is 1.22 bits per heavy atom. The van der Waals surface area contributed by atoms with E-state index < -0.39 is 10.0 Å². The summed E-state index contributed by atoms with van der Waals surface area (Å²) in [4.78, 5) is 12.0. The molecule has 1 aromatic heterocycles. The lowest BCUT2D eigenvalue weighted by Gasteiger charge is -2.08. The Labute approximate surface area is 158 Å². The summed E-state index contributed by atoms with van der Waals surface area (Å²) in [7, 11) is -3.63. The van der Waals surface area contributed by atoms with Gasteiger partial charge >= 0.3 is 0 Å². The first-order chi connectivity index (χ1) is 13.0. The van der Waals surface area contributed by atoms with Crippen molar-refractivity contribution in [2.24, 2.45) is 0 Å². The van der Waals surface area contributed by atoms with Gasteiger partial charge in [-0.25, -0.2) is 13.1 Å². The lowest BCUT2D eigenvalue weighted by Crippen LogP contribution is -2.30. The second-order valence-electron chi connectivity index (χ2n) is 6.19. The normalized spacial score (nSPS) is 17.4. The Morgan fingerprint density at radius 3 is 2.70 bits per heavy atom. The largest absolute Gasteiger partial charge is 0.468 e.